The average molecular weight is 158 g/mol. The van der Waals surface area contributed by atoms with E-state index in [9.17, 15) is 0 Å². The first-order valence-corrected chi connectivity index (χ1v) is 4.20. The van der Waals surface area contributed by atoms with Gasteiger partial charge in [0.25, 0.3) is 0 Å². The van der Waals surface area contributed by atoms with Gasteiger partial charge in [0.05, 0.1) is 0 Å². The van der Waals surface area contributed by atoms with Crippen molar-refractivity contribution in [1.82, 2.24) is 5.32 Å². The number of thiocarbonyl (C=S) groups is 1. The van der Waals surface area contributed by atoms with Crippen molar-refractivity contribution in [3.05, 3.63) is 0 Å². The van der Waals surface area contributed by atoms with Crippen molar-refractivity contribution in [2.45, 2.75) is 32.2 Å². The van der Waals surface area contributed by atoms with E-state index in [1.807, 2.05) is 0 Å². The van der Waals surface area contributed by atoms with E-state index in [2.05, 4.69) is 12.2 Å². The van der Waals surface area contributed by atoms with Gasteiger partial charge in [0.1, 0.15) is 0 Å². The highest BCUT2D eigenvalue weighted by Gasteiger charge is 2.35. The van der Waals surface area contributed by atoms with E-state index in [0.29, 0.717) is 11.2 Å². The maximum atomic E-state index is 5.31. The molecule has 2 unspecified atom stereocenters. The Labute approximate surface area is 67.2 Å². The van der Waals surface area contributed by atoms with Gasteiger partial charge in [0, 0.05) is 6.04 Å². The Morgan fingerprint density at radius 3 is 3.00 bits per heavy atom. The highest BCUT2D eigenvalue weighted by Crippen LogP contribution is 2.34. The third-order valence-electron chi connectivity index (χ3n) is 1.91. The summed E-state index contributed by atoms with van der Waals surface area (Å²) in [6.07, 6.45) is 3.83. The lowest BCUT2D eigenvalue weighted by Crippen LogP contribution is -2.31. The zero-order valence-corrected chi connectivity index (χ0v) is 7.08. The summed E-state index contributed by atoms with van der Waals surface area (Å²) in [5, 5.41) is 3.51. The largest absolute Gasteiger partial charge is 0.376 e. The van der Waals surface area contributed by atoms with Crippen LogP contribution in [0.2, 0.25) is 0 Å². The lowest BCUT2D eigenvalue weighted by molar-refractivity contribution is 0.664. The second kappa shape index (κ2) is 3.19. The number of rotatable bonds is 3. The lowest BCUT2D eigenvalue weighted by Gasteiger charge is -2.00. The molecule has 3 heteroatoms. The summed E-state index contributed by atoms with van der Waals surface area (Å²) in [7, 11) is 0. The van der Waals surface area contributed by atoms with Crippen molar-refractivity contribution in [1.29, 1.82) is 0 Å². The van der Waals surface area contributed by atoms with Crippen LogP contribution in [0.15, 0.2) is 0 Å². The van der Waals surface area contributed by atoms with Crippen molar-refractivity contribution in [2.24, 2.45) is 11.7 Å². The molecule has 0 aromatic rings. The van der Waals surface area contributed by atoms with Crippen LogP contribution in [-0.2, 0) is 0 Å². The normalized spacial score (nSPS) is 29.7. The summed E-state index contributed by atoms with van der Waals surface area (Å²) < 4.78 is 0. The summed E-state index contributed by atoms with van der Waals surface area (Å²) >= 11 is 4.72. The van der Waals surface area contributed by atoms with Crippen molar-refractivity contribution < 1.29 is 0 Å². The average Bonchev–Trinajstić information content (AvgIpc) is 2.47. The van der Waals surface area contributed by atoms with Crippen LogP contribution in [0.25, 0.3) is 0 Å². The third kappa shape index (κ3) is 2.14. The van der Waals surface area contributed by atoms with Crippen LogP contribution < -0.4 is 11.1 Å². The zero-order valence-electron chi connectivity index (χ0n) is 6.26. The van der Waals surface area contributed by atoms with Gasteiger partial charge in [-0.2, -0.15) is 0 Å². The highest BCUT2D eigenvalue weighted by atomic mass is 32.1. The van der Waals surface area contributed by atoms with Crippen LogP contribution in [0.3, 0.4) is 0 Å². The van der Waals surface area contributed by atoms with Gasteiger partial charge >= 0.3 is 0 Å². The molecule has 10 heavy (non-hydrogen) atoms. The number of hydrogen-bond acceptors (Lipinski definition) is 1. The molecule has 1 rings (SSSR count). The van der Waals surface area contributed by atoms with E-state index in [1.165, 1.54) is 19.3 Å². The summed E-state index contributed by atoms with van der Waals surface area (Å²) in [4.78, 5) is 0. The zero-order chi connectivity index (χ0) is 7.56. The van der Waals surface area contributed by atoms with Gasteiger partial charge in [0.2, 0.25) is 0 Å². The number of nitrogens with two attached hydrogens (primary N) is 1. The first-order chi connectivity index (χ1) is 4.74. The Balaban J connectivity index is 2.07. The summed E-state index contributed by atoms with van der Waals surface area (Å²) in [5.41, 5.74) is 5.31. The number of hydrogen-bond donors (Lipinski definition) is 2. The quantitative estimate of drug-likeness (QED) is 0.602. The molecule has 0 aromatic heterocycles. The molecule has 3 N–H and O–H groups in total. The Hall–Kier alpha value is -0.310. The minimum absolute atomic E-state index is 0.448. The summed E-state index contributed by atoms with van der Waals surface area (Å²) in [6.45, 7) is 2.20. The molecule has 2 atom stereocenters. The topological polar surface area (TPSA) is 38.0 Å². The Morgan fingerprint density at radius 1 is 1.80 bits per heavy atom. The minimum atomic E-state index is 0.448. The molecule has 58 valence electrons. The molecular weight excluding hydrogens is 144 g/mol. The smallest absolute Gasteiger partial charge is 0.163 e. The van der Waals surface area contributed by atoms with Gasteiger partial charge in [-0.1, -0.05) is 13.3 Å². The van der Waals surface area contributed by atoms with Gasteiger partial charge in [-0.25, -0.2) is 0 Å². The highest BCUT2D eigenvalue weighted by molar-refractivity contribution is 7.80. The van der Waals surface area contributed by atoms with Crippen LogP contribution in [-0.4, -0.2) is 11.2 Å². The maximum absolute atomic E-state index is 5.31. The fourth-order valence-corrected chi connectivity index (χ4v) is 1.45. The Morgan fingerprint density at radius 2 is 2.50 bits per heavy atom. The molecule has 1 aliphatic rings. The van der Waals surface area contributed by atoms with Crippen LogP contribution in [0.5, 0.6) is 0 Å². The van der Waals surface area contributed by atoms with E-state index in [1.54, 1.807) is 0 Å². The van der Waals surface area contributed by atoms with Gasteiger partial charge in [-0.05, 0) is 31.0 Å². The molecule has 1 saturated carbocycles. The van der Waals surface area contributed by atoms with E-state index in [4.69, 9.17) is 18.0 Å². The van der Waals surface area contributed by atoms with Crippen molar-refractivity contribution in [3.63, 3.8) is 0 Å². The molecule has 0 radical (unpaired) electrons. The second-order valence-corrected chi connectivity index (χ2v) is 3.34. The third-order valence-corrected chi connectivity index (χ3v) is 2.03. The van der Waals surface area contributed by atoms with Crippen LogP contribution >= 0.6 is 12.2 Å². The fraction of sp³-hybridized carbons (Fsp3) is 0.857. The molecule has 0 bridgehead atoms. The van der Waals surface area contributed by atoms with Crippen molar-refractivity contribution in [2.75, 3.05) is 0 Å². The Bertz CT molecular complexity index is 136. The Kier molecular flexibility index (Phi) is 2.49. The van der Waals surface area contributed by atoms with E-state index < -0.39 is 0 Å². The first-order valence-electron chi connectivity index (χ1n) is 3.80. The van der Waals surface area contributed by atoms with E-state index in [-0.39, 0.29) is 0 Å². The minimum Gasteiger partial charge on any atom is -0.376 e. The molecule has 1 fully saturated rings. The van der Waals surface area contributed by atoms with Gasteiger partial charge in [-0.15, -0.1) is 0 Å². The second-order valence-electron chi connectivity index (χ2n) is 2.90. The molecule has 0 amide bonds. The molecule has 0 aliphatic heterocycles. The van der Waals surface area contributed by atoms with Crippen molar-refractivity contribution >= 4 is 17.3 Å². The fourth-order valence-electron chi connectivity index (χ4n) is 1.30. The van der Waals surface area contributed by atoms with Gasteiger partial charge < -0.3 is 11.1 Å². The maximum Gasteiger partial charge on any atom is 0.163 e. The van der Waals surface area contributed by atoms with E-state index >= 15 is 0 Å². The monoisotopic (exact) mass is 158 g/mol. The molecule has 0 spiro atoms. The number of nitrogens with one attached hydrogen (secondary N) is 1. The van der Waals surface area contributed by atoms with Crippen LogP contribution in [0.1, 0.15) is 26.2 Å². The molecule has 0 saturated heterocycles. The standard InChI is InChI=1S/C7H14N2S/c1-2-3-5-4-6(5)9-7(8)10/h5-6H,2-4H2,1H3,(H3,8,9,10). The molecular formula is C7H14N2S. The molecule has 0 aromatic carbocycles. The first kappa shape index (κ1) is 7.79. The van der Waals surface area contributed by atoms with E-state index in [0.717, 1.165) is 5.92 Å². The molecule has 1 aliphatic carbocycles. The van der Waals surface area contributed by atoms with Gasteiger partial charge in [-0.3, -0.25) is 0 Å². The molecule has 2 nitrogen and oxygen atoms in total. The SMILES string of the molecule is CCCC1CC1NC(N)=S. The van der Waals surface area contributed by atoms with Crippen LogP contribution in [0.4, 0.5) is 0 Å². The summed E-state index contributed by atoms with van der Waals surface area (Å²) in [5.74, 6) is 0.839. The predicted octanol–water partition coefficient (Wildman–Crippen LogP) is 1.01. The molecule has 0 heterocycles. The van der Waals surface area contributed by atoms with Crippen LogP contribution in [0, 0.1) is 5.92 Å². The van der Waals surface area contributed by atoms with Crippen molar-refractivity contribution in [3.8, 4) is 0 Å². The van der Waals surface area contributed by atoms with Gasteiger partial charge in [0.15, 0.2) is 5.11 Å². The lowest BCUT2D eigenvalue weighted by atomic mass is 10.2. The predicted molar refractivity (Wildman–Crippen MR) is 46.7 cm³/mol. The summed E-state index contributed by atoms with van der Waals surface area (Å²) in [6, 6.07) is 0.595.